The number of aromatic nitrogens is 2. The van der Waals surface area contributed by atoms with Crippen molar-refractivity contribution in [2.45, 2.75) is 6.92 Å². The summed E-state index contributed by atoms with van der Waals surface area (Å²) < 4.78 is 23.5. The lowest BCUT2D eigenvalue weighted by molar-refractivity contribution is 0.0516. The number of carbonyl (C=O) groups is 1. The first-order valence-corrected chi connectivity index (χ1v) is 9.38. The molecular weight excluding hydrogens is 379 g/mol. The smallest absolute Gasteiger partial charge is 0.360 e. The zero-order valence-electron chi connectivity index (χ0n) is 14.8. The predicted octanol–water partition coefficient (Wildman–Crippen LogP) is 5.05. The largest absolute Gasteiger partial charge is 0.505 e. The highest BCUT2D eigenvalue weighted by molar-refractivity contribution is 7.14. The highest BCUT2D eigenvalue weighted by Gasteiger charge is 2.25. The lowest BCUT2D eigenvalue weighted by Gasteiger charge is -2.10. The third-order valence-electron chi connectivity index (χ3n) is 4.23. The Morgan fingerprint density at radius 3 is 2.43 bits per heavy atom. The number of carbonyl (C=O) groups excluding carboxylic acids is 1. The van der Waals surface area contributed by atoms with Crippen LogP contribution in [0.2, 0.25) is 0 Å². The number of nitrogens with zero attached hydrogens (tertiary/aromatic N) is 2. The van der Waals surface area contributed by atoms with E-state index in [-0.39, 0.29) is 23.9 Å². The van der Waals surface area contributed by atoms with Crippen LogP contribution in [0.4, 0.5) is 4.39 Å². The Morgan fingerprint density at radius 2 is 1.75 bits per heavy atom. The van der Waals surface area contributed by atoms with E-state index in [0.29, 0.717) is 27.0 Å². The number of pyridine rings is 1. The van der Waals surface area contributed by atoms with Crippen molar-refractivity contribution >= 4 is 27.6 Å². The number of aromatic hydroxyl groups is 1. The van der Waals surface area contributed by atoms with Gasteiger partial charge in [0.25, 0.3) is 0 Å². The van der Waals surface area contributed by atoms with Crippen LogP contribution in [-0.2, 0) is 4.74 Å². The lowest BCUT2D eigenvalue weighted by atomic mass is 10.0. The summed E-state index contributed by atoms with van der Waals surface area (Å²) in [5.41, 5.74) is 2.21. The third kappa shape index (κ3) is 3.10. The summed E-state index contributed by atoms with van der Waals surface area (Å²) in [6.45, 7) is 1.83. The molecule has 2 heterocycles. The minimum atomic E-state index is -0.726. The standard InChI is InChI=1S/C21H15FN2O3S/c1-2-27-21(26)18-19(25)15-16(12-6-4-3-5-7-12)24-28-20(15)17(23-18)13-8-10-14(22)11-9-13/h3-11,25H,2H2,1H3. The monoisotopic (exact) mass is 394 g/mol. The van der Waals surface area contributed by atoms with Crippen molar-refractivity contribution in [3.63, 3.8) is 0 Å². The molecule has 0 saturated heterocycles. The molecule has 2 aromatic heterocycles. The SMILES string of the molecule is CCOC(=O)c1nc(-c2ccc(F)cc2)c2snc(-c3ccccc3)c2c1O. The number of benzene rings is 2. The number of ether oxygens (including phenoxy) is 1. The molecule has 0 amide bonds. The molecule has 0 unspecified atom stereocenters. The van der Waals surface area contributed by atoms with Gasteiger partial charge in [-0.3, -0.25) is 0 Å². The highest BCUT2D eigenvalue weighted by atomic mass is 32.1. The van der Waals surface area contributed by atoms with Gasteiger partial charge in [0.15, 0.2) is 11.4 Å². The fraction of sp³-hybridized carbons (Fsp3) is 0.0952. The van der Waals surface area contributed by atoms with Gasteiger partial charge in [0.2, 0.25) is 0 Å². The summed E-state index contributed by atoms with van der Waals surface area (Å²) in [4.78, 5) is 16.7. The van der Waals surface area contributed by atoms with E-state index in [1.165, 1.54) is 12.1 Å². The molecular formula is C21H15FN2O3S. The normalized spacial score (nSPS) is 10.9. The van der Waals surface area contributed by atoms with Crippen LogP contribution < -0.4 is 0 Å². The highest BCUT2D eigenvalue weighted by Crippen LogP contribution is 2.42. The Balaban J connectivity index is 2.04. The van der Waals surface area contributed by atoms with E-state index in [2.05, 4.69) is 9.36 Å². The minimum absolute atomic E-state index is 0.150. The minimum Gasteiger partial charge on any atom is -0.505 e. The summed E-state index contributed by atoms with van der Waals surface area (Å²) in [6.07, 6.45) is 0. The first-order valence-electron chi connectivity index (χ1n) is 8.61. The number of hydrogen-bond donors (Lipinski definition) is 1. The average molecular weight is 394 g/mol. The fourth-order valence-corrected chi connectivity index (χ4v) is 3.86. The zero-order chi connectivity index (χ0) is 19.7. The van der Waals surface area contributed by atoms with Crippen LogP contribution in [0.25, 0.3) is 32.6 Å². The van der Waals surface area contributed by atoms with Gasteiger partial charge in [-0.25, -0.2) is 14.2 Å². The summed E-state index contributed by atoms with van der Waals surface area (Å²) >= 11 is 1.16. The molecule has 1 N–H and O–H groups in total. The molecule has 0 bridgehead atoms. The van der Waals surface area contributed by atoms with Crippen LogP contribution in [0, 0.1) is 5.82 Å². The number of rotatable bonds is 4. The Hall–Kier alpha value is -3.32. The van der Waals surface area contributed by atoms with Crippen molar-refractivity contribution in [1.29, 1.82) is 0 Å². The van der Waals surface area contributed by atoms with Crippen LogP contribution in [0.5, 0.6) is 5.75 Å². The van der Waals surface area contributed by atoms with Crippen LogP contribution in [0.15, 0.2) is 54.6 Å². The van der Waals surface area contributed by atoms with Crippen LogP contribution in [0.3, 0.4) is 0 Å². The maximum atomic E-state index is 13.4. The predicted molar refractivity (Wildman–Crippen MR) is 106 cm³/mol. The van der Waals surface area contributed by atoms with E-state index in [1.54, 1.807) is 19.1 Å². The Bertz CT molecular complexity index is 1160. The Morgan fingerprint density at radius 1 is 1.07 bits per heavy atom. The molecule has 28 heavy (non-hydrogen) atoms. The van der Waals surface area contributed by atoms with Gasteiger partial charge < -0.3 is 9.84 Å². The fourth-order valence-electron chi connectivity index (χ4n) is 2.94. The molecule has 0 radical (unpaired) electrons. The van der Waals surface area contributed by atoms with Gasteiger partial charge in [-0.1, -0.05) is 30.3 Å². The molecule has 0 atom stereocenters. The maximum Gasteiger partial charge on any atom is 0.360 e. The molecule has 0 aliphatic carbocycles. The van der Waals surface area contributed by atoms with Gasteiger partial charge >= 0.3 is 5.97 Å². The van der Waals surface area contributed by atoms with E-state index in [0.717, 1.165) is 17.1 Å². The van der Waals surface area contributed by atoms with Crippen LogP contribution in [-0.4, -0.2) is 27.0 Å². The van der Waals surface area contributed by atoms with Crippen molar-refractivity contribution in [2.24, 2.45) is 0 Å². The van der Waals surface area contributed by atoms with Crippen molar-refractivity contribution < 1.29 is 19.0 Å². The number of esters is 1. The molecule has 4 rings (SSSR count). The van der Waals surface area contributed by atoms with Gasteiger partial charge in [-0.2, -0.15) is 4.37 Å². The summed E-state index contributed by atoms with van der Waals surface area (Å²) in [5, 5.41) is 11.3. The molecule has 140 valence electrons. The summed E-state index contributed by atoms with van der Waals surface area (Å²) in [5.74, 6) is -1.37. The van der Waals surface area contributed by atoms with Crippen molar-refractivity contribution in [3.05, 3.63) is 66.1 Å². The molecule has 0 spiro atoms. The second-order valence-electron chi connectivity index (χ2n) is 5.99. The molecule has 7 heteroatoms. The van der Waals surface area contributed by atoms with Crippen molar-refractivity contribution in [2.75, 3.05) is 6.61 Å². The van der Waals surface area contributed by atoms with Gasteiger partial charge in [-0.05, 0) is 42.7 Å². The van der Waals surface area contributed by atoms with Crippen LogP contribution >= 0.6 is 11.5 Å². The molecule has 0 saturated carbocycles. The van der Waals surface area contributed by atoms with Gasteiger partial charge in [-0.15, -0.1) is 0 Å². The van der Waals surface area contributed by atoms with E-state index < -0.39 is 5.97 Å². The molecule has 0 aliphatic rings. The molecule has 0 fully saturated rings. The van der Waals surface area contributed by atoms with E-state index in [4.69, 9.17) is 4.74 Å². The molecule has 0 aliphatic heterocycles. The molecule has 4 aromatic rings. The number of halogens is 1. The van der Waals surface area contributed by atoms with E-state index in [1.807, 2.05) is 30.3 Å². The number of hydrogen-bond acceptors (Lipinski definition) is 6. The first-order chi connectivity index (χ1) is 13.6. The summed E-state index contributed by atoms with van der Waals surface area (Å²) in [6, 6.07) is 15.1. The van der Waals surface area contributed by atoms with E-state index >= 15 is 0 Å². The quantitative estimate of drug-likeness (QED) is 0.491. The summed E-state index contributed by atoms with van der Waals surface area (Å²) in [7, 11) is 0. The molecule has 2 aromatic carbocycles. The first kappa shape index (κ1) is 18.1. The van der Waals surface area contributed by atoms with E-state index in [9.17, 15) is 14.3 Å². The average Bonchev–Trinajstić information content (AvgIpc) is 3.16. The van der Waals surface area contributed by atoms with Gasteiger partial charge in [0.05, 0.1) is 28.1 Å². The Labute approximate surface area is 164 Å². The Kier molecular flexibility index (Phi) is 4.75. The maximum absolute atomic E-state index is 13.4. The zero-order valence-corrected chi connectivity index (χ0v) is 15.7. The second-order valence-corrected chi connectivity index (χ2v) is 6.76. The topological polar surface area (TPSA) is 72.3 Å². The van der Waals surface area contributed by atoms with Gasteiger partial charge in [0.1, 0.15) is 5.82 Å². The molecule has 5 nitrogen and oxygen atoms in total. The third-order valence-corrected chi connectivity index (χ3v) is 5.08. The van der Waals surface area contributed by atoms with Crippen LogP contribution in [0.1, 0.15) is 17.4 Å². The number of fused-ring (bicyclic) bond motifs is 1. The van der Waals surface area contributed by atoms with Gasteiger partial charge in [0, 0.05) is 11.1 Å². The van der Waals surface area contributed by atoms with Crippen molar-refractivity contribution in [1.82, 2.24) is 9.36 Å². The van der Waals surface area contributed by atoms with Crippen molar-refractivity contribution in [3.8, 4) is 28.3 Å². The lowest BCUT2D eigenvalue weighted by Crippen LogP contribution is -2.08. The second kappa shape index (κ2) is 7.36.